The summed E-state index contributed by atoms with van der Waals surface area (Å²) in [4.78, 5) is 28.3. The number of carbonyl (C=O) groups is 2. The molecule has 0 saturated carbocycles. The first-order valence-electron chi connectivity index (χ1n) is 8.15. The van der Waals surface area contributed by atoms with Gasteiger partial charge in [-0.2, -0.15) is 0 Å². The lowest BCUT2D eigenvalue weighted by Gasteiger charge is -2.21. The zero-order valence-corrected chi connectivity index (χ0v) is 14.1. The normalized spacial score (nSPS) is 20.9. The molecule has 2 heterocycles. The average Bonchev–Trinajstić information content (AvgIpc) is 3.24. The van der Waals surface area contributed by atoms with Crippen molar-refractivity contribution < 1.29 is 9.59 Å². The standard InChI is InChI=1S/C17H22ClN3O2/c1-19-16(22)13-6-9-21(11-13)17(23)12-4-5-15(14(18)10-12)20-7-2-3-8-20/h4-5,10,13H,2-3,6-9,11H2,1H3,(H,19,22). The van der Waals surface area contributed by atoms with E-state index in [1.165, 1.54) is 12.8 Å². The number of nitrogens with one attached hydrogen (secondary N) is 1. The van der Waals surface area contributed by atoms with Gasteiger partial charge >= 0.3 is 0 Å². The molecule has 2 aliphatic rings. The van der Waals surface area contributed by atoms with Crippen LogP contribution in [0.1, 0.15) is 29.6 Å². The Hall–Kier alpha value is -1.75. The molecule has 2 aliphatic heterocycles. The quantitative estimate of drug-likeness (QED) is 0.921. The summed E-state index contributed by atoms with van der Waals surface area (Å²) in [6, 6.07) is 5.53. The highest BCUT2D eigenvalue weighted by molar-refractivity contribution is 6.33. The van der Waals surface area contributed by atoms with Crippen LogP contribution in [-0.2, 0) is 4.79 Å². The zero-order chi connectivity index (χ0) is 16.4. The van der Waals surface area contributed by atoms with Gasteiger partial charge in [0, 0.05) is 38.8 Å². The van der Waals surface area contributed by atoms with Gasteiger partial charge in [0.15, 0.2) is 0 Å². The molecule has 0 spiro atoms. The van der Waals surface area contributed by atoms with E-state index in [4.69, 9.17) is 11.6 Å². The first kappa shape index (κ1) is 16.1. The van der Waals surface area contributed by atoms with E-state index in [1.54, 1.807) is 18.0 Å². The van der Waals surface area contributed by atoms with Crippen molar-refractivity contribution in [3.8, 4) is 0 Å². The molecule has 1 unspecified atom stereocenters. The molecule has 2 saturated heterocycles. The van der Waals surface area contributed by atoms with Crippen molar-refractivity contribution in [2.24, 2.45) is 5.92 Å². The third-order valence-corrected chi connectivity index (χ3v) is 5.04. The summed E-state index contributed by atoms with van der Waals surface area (Å²) in [6.07, 6.45) is 3.09. The molecule has 2 amide bonds. The van der Waals surface area contributed by atoms with Crippen LogP contribution in [0, 0.1) is 5.92 Å². The molecule has 3 rings (SSSR count). The van der Waals surface area contributed by atoms with Crippen LogP contribution in [0.15, 0.2) is 18.2 Å². The van der Waals surface area contributed by atoms with Crippen LogP contribution in [0.4, 0.5) is 5.69 Å². The Morgan fingerprint density at radius 3 is 2.61 bits per heavy atom. The highest BCUT2D eigenvalue weighted by atomic mass is 35.5. The van der Waals surface area contributed by atoms with Gasteiger partial charge in [0.2, 0.25) is 5.91 Å². The lowest BCUT2D eigenvalue weighted by atomic mass is 10.1. The molecule has 6 heteroatoms. The lowest BCUT2D eigenvalue weighted by molar-refractivity contribution is -0.124. The molecule has 23 heavy (non-hydrogen) atoms. The molecule has 1 N–H and O–H groups in total. The Morgan fingerprint density at radius 2 is 1.96 bits per heavy atom. The Labute approximate surface area is 141 Å². The minimum Gasteiger partial charge on any atom is -0.370 e. The van der Waals surface area contributed by atoms with E-state index >= 15 is 0 Å². The van der Waals surface area contributed by atoms with Crippen molar-refractivity contribution in [3.05, 3.63) is 28.8 Å². The maximum absolute atomic E-state index is 12.6. The number of benzene rings is 1. The molecule has 0 aliphatic carbocycles. The fraction of sp³-hybridized carbons (Fsp3) is 0.529. The second-order valence-electron chi connectivity index (χ2n) is 6.21. The first-order valence-corrected chi connectivity index (χ1v) is 8.53. The molecular weight excluding hydrogens is 314 g/mol. The highest BCUT2D eigenvalue weighted by Gasteiger charge is 2.31. The van der Waals surface area contributed by atoms with Crippen molar-refractivity contribution in [1.82, 2.24) is 10.2 Å². The van der Waals surface area contributed by atoms with E-state index in [1.807, 2.05) is 12.1 Å². The Balaban J connectivity index is 1.70. The van der Waals surface area contributed by atoms with Crippen LogP contribution in [0.25, 0.3) is 0 Å². The van der Waals surface area contributed by atoms with Gasteiger partial charge in [-0.1, -0.05) is 11.6 Å². The Bertz CT molecular complexity index is 614. The van der Waals surface area contributed by atoms with Gasteiger partial charge < -0.3 is 15.1 Å². The van der Waals surface area contributed by atoms with E-state index < -0.39 is 0 Å². The molecule has 0 radical (unpaired) electrons. The van der Waals surface area contributed by atoms with Crippen LogP contribution in [0.2, 0.25) is 5.02 Å². The topological polar surface area (TPSA) is 52.7 Å². The van der Waals surface area contributed by atoms with Crippen LogP contribution in [0.3, 0.4) is 0 Å². The predicted molar refractivity (Wildman–Crippen MR) is 91.0 cm³/mol. The van der Waals surface area contributed by atoms with Crippen molar-refractivity contribution in [3.63, 3.8) is 0 Å². The van der Waals surface area contributed by atoms with Crippen molar-refractivity contribution in [2.45, 2.75) is 19.3 Å². The van der Waals surface area contributed by atoms with Crippen molar-refractivity contribution >= 4 is 29.1 Å². The van der Waals surface area contributed by atoms with Gasteiger partial charge in [0.25, 0.3) is 5.91 Å². The molecular formula is C17H22ClN3O2. The number of halogens is 1. The Kier molecular flexibility index (Phi) is 4.76. The number of carbonyl (C=O) groups excluding carboxylic acids is 2. The number of rotatable bonds is 3. The van der Waals surface area contributed by atoms with Gasteiger partial charge in [-0.05, 0) is 37.5 Å². The van der Waals surface area contributed by atoms with E-state index in [0.717, 1.165) is 18.8 Å². The van der Waals surface area contributed by atoms with Crippen LogP contribution in [0.5, 0.6) is 0 Å². The average molecular weight is 336 g/mol. The summed E-state index contributed by atoms with van der Waals surface area (Å²) in [7, 11) is 1.63. The van der Waals surface area contributed by atoms with Crippen LogP contribution < -0.4 is 10.2 Å². The number of anilines is 1. The van der Waals surface area contributed by atoms with E-state index in [2.05, 4.69) is 10.2 Å². The predicted octanol–water partition coefficient (Wildman–Crippen LogP) is 2.15. The number of hydrogen-bond acceptors (Lipinski definition) is 3. The zero-order valence-electron chi connectivity index (χ0n) is 13.3. The van der Waals surface area contributed by atoms with Crippen molar-refractivity contribution in [2.75, 3.05) is 38.1 Å². The smallest absolute Gasteiger partial charge is 0.253 e. The second-order valence-corrected chi connectivity index (χ2v) is 6.62. The monoisotopic (exact) mass is 335 g/mol. The first-order chi connectivity index (χ1) is 11.1. The highest BCUT2D eigenvalue weighted by Crippen LogP contribution is 2.30. The number of amides is 2. The van der Waals surface area contributed by atoms with E-state index in [-0.39, 0.29) is 17.7 Å². The minimum absolute atomic E-state index is 0.00251. The van der Waals surface area contributed by atoms with E-state index in [0.29, 0.717) is 30.1 Å². The van der Waals surface area contributed by atoms with Gasteiger partial charge in [0.1, 0.15) is 0 Å². The number of nitrogens with zero attached hydrogens (tertiary/aromatic N) is 2. The summed E-state index contributed by atoms with van der Waals surface area (Å²) in [6.45, 7) is 3.13. The third kappa shape index (κ3) is 3.29. The number of likely N-dealkylation sites (tertiary alicyclic amines) is 1. The largest absolute Gasteiger partial charge is 0.370 e. The fourth-order valence-electron chi connectivity index (χ4n) is 3.40. The summed E-state index contributed by atoms with van der Waals surface area (Å²) in [5, 5.41) is 3.28. The Morgan fingerprint density at radius 1 is 1.22 bits per heavy atom. The minimum atomic E-state index is -0.108. The SMILES string of the molecule is CNC(=O)C1CCN(C(=O)c2ccc(N3CCCC3)c(Cl)c2)C1. The maximum Gasteiger partial charge on any atom is 0.253 e. The summed E-state index contributed by atoms with van der Waals surface area (Å²) in [5.74, 6) is -0.155. The molecule has 1 aromatic rings. The molecule has 0 aromatic heterocycles. The summed E-state index contributed by atoms with van der Waals surface area (Å²) >= 11 is 6.39. The van der Waals surface area contributed by atoms with Crippen LogP contribution >= 0.6 is 11.6 Å². The van der Waals surface area contributed by atoms with Crippen LogP contribution in [-0.4, -0.2) is 49.9 Å². The molecule has 2 fully saturated rings. The van der Waals surface area contributed by atoms with Crippen molar-refractivity contribution in [1.29, 1.82) is 0 Å². The second kappa shape index (κ2) is 6.79. The molecule has 5 nitrogen and oxygen atoms in total. The third-order valence-electron chi connectivity index (χ3n) is 4.73. The molecule has 1 aromatic carbocycles. The van der Waals surface area contributed by atoms with E-state index in [9.17, 15) is 9.59 Å². The molecule has 1 atom stereocenters. The summed E-state index contributed by atoms with van der Waals surface area (Å²) in [5.41, 5.74) is 1.60. The summed E-state index contributed by atoms with van der Waals surface area (Å²) < 4.78 is 0. The maximum atomic E-state index is 12.6. The van der Waals surface area contributed by atoms with Gasteiger partial charge in [-0.15, -0.1) is 0 Å². The van der Waals surface area contributed by atoms with Gasteiger partial charge in [0.05, 0.1) is 16.6 Å². The van der Waals surface area contributed by atoms with Gasteiger partial charge in [-0.3, -0.25) is 9.59 Å². The van der Waals surface area contributed by atoms with Gasteiger partial charge in [-0.25, -0.2) is 0 Å². The number of hydrogen-bond donors (Lipinski definition) is 1. The molecule has 124 valence electrons. The molecule has 0 bridgehead atoms. The fourth-order valence-corrected chi connectivity index (χ4v) is 3.70. The lowest BCUT2D eigenvalue weighted by Crippen LogP contribution is -2.33.